The second kappa shape index (κ2) is 3.53. The van der Waals surface area contributed by atoms with E-state index in [-0.39, 0.29) is 0 Å². The van der Waals surface area contributed by atoms with Crippen LogP contribution >= 0.6 is 39.0 Å². The van der Waals surface area contributed by atoms with Gasteiger partial charge in [0.15, 0.2) is 0 Å². The first-order chi connectivity index (χ1) is 6.10. The van der Waals surface area contributed by atoms with Crippen molar-refractivity contribution in [1.29, 1.82) is 0 Å². The highest BCUT2D eigenvalue weighted by Crippen LogP contribution is 2.42. The molecule has 1 aromatic heterocycles. The van der Waals surface area contributed by atoms with E-state index in [9.17, 15) is 5.11 Å². The quantitative estimate of drug-likeness (QED) is 0.858. The Bertz CT molecular complexity index is 317. The third kappa shape index (κ3) is 1.93. The number of thiazole rings is 1. The molecule has 0 amide bonds. The van der Waals surface area contributed by atoms with Crippen LogP contribution < -0.4 is 0 Å². The molecule has 0 bridgehead atoms. The van der Waals surface area contributed by atoms with Crippen LogP contribution in [0.15, 0.2) is 9.98 Å². The minimum Gasteiger partial charge on any atom is -0.382 e. The molecule has 2 atom stereocenters. The van der Waals surface area contributed by atoms with E-state index in [1.807, 2.05) is 17.1 Å². The van der Waals surface area contributed by atoms with E-state index >= 15 is 0 Å². The van der Waals surface area contributed by atoms with Gasteiger partial charge in [0.2, 0.25) is 0 Å². The first-order valence-corrected chi connectivity index (χ1v) is 6.78. The molecular weight excluding hydrogens is 270 g/mol. The Morgan fingerprint density at radius 2 is 2.54 bits per heavy atom. The average molecular weight is 280 g/mol. The summed E-state index contributed by atoms with van der Waals surface area (Å²) in [6.45, 7) is 2.14. The summed E-state index contributed by atoms with van der Waals surface area (Å²) in [6, 6.07) is 0. The zero-order valence-electron chi connectivity index (χ0n) is 7.16. The molecule has 72 valence electrons. The first-order valence-electron chi connectivity index (χ1n) is 4.06. The summed E-state index contributed by atoms with van der Waals surface area (Å²) in [5, 5.41) is 13.5. The van der Waals surface area contributed by atoms with Gasteiger partial charge in [0.05, 0.1) is 0 Å². The molecule has 1 aliphatic heterocycles. The highest BCUT2D eigenvalue weighted by molar-refractivity contribution is 9.10. The molecule has 0 spiro atoms. The molecule has 0 saturated carbocycles. The molecule has 2 rings (SSSR count). The lowest BCUT2D eigenvalue weighted by molar-refractivity contribution is 0.0608. The number of thioether (sulfide) groups is 1. The molecule has 2 nitrogen and oxygen atoms in total. The molecular formula is C8H10BrNOS2. The van der Waals surface area contributed by atoms with Gasteiger partial charge in [-0.2, -0.15) is 11.8 Å². The molecule has 2 unspecified atom stereocenters. The van der Waals surface area contributed by atoms with Crippen molar-refractivity contribution in [2.75, 3.05) is 5.75 Å². The third-order valence-electron chi connectivity index (χ3n) is 2.11. The third-order valence-corrected chi connectivity index (χ3v) is 5.23. The number of halogens is 1. The van der Waals surface area contributed by atoms with Crippen molar-refractivity contribution in [3.63, 3.8) is 0 Å². The predicted molar refractivity (Wildman–Crippen MR) is 60.2 cm³/mol. The Balaban J connectivity index is 2.25. The molecule has 5 heteroatoms. The van der Waals surface area contributed by atoms with Crippen LogP contribution in [0.25, 0.3) is 0 Å². The first kappa shape index (κ1) is 9.96. The van der Waals surface area contributed by atoms with Crippen molar-refractivity contribution in [2.45, 2.75) is 24.2 Å². The summed E-state index contributed by atoms with van der Waals surface area (Å²) in [6.07, 6.45) is 0.817. The summed E-state index contributed by atoms with van der Waals surface area (Å²) >= 11 is 6.64. The maximum atomic E-state index is 10.3. The zero-order valence-corrected chi connectivity index (χ0v) is 10.4. The summed E-state index contributed by atoms with van der Waals surface area (Å²) in [5.41, 5.74) is -0.680. The van der Waals surface area contributed by atoms with Crippen molar-refractivity contribution in [3.8, 4) is 0 Å². The van der Waals surface area contributed by atoms with E-state index in [0.717, 1.165) is 21.8 Å². The Labute approximate surface area is 93.9 Å². The normalized spacial score (nSPS) is 33.9. The number of hydrogen-bond donors (Lipinski definition) is 1. The van der Waals surface area contributed by atoms with E-state index in [0.29, 0.717) is 5.25 Å². The van der Waals surface area contributed by atoms with Crippen LogP contribution in [0, 0.1) is 0 Å². The van der Waals surface area contributed by atoms with E-state index in [2.05, 4.69) is 27.8 Å². The second-order valence-electron chi connectivity index (χ2n) is 3.33. The largest absolute Gasteiger partial charge is 0.382 e. The minimum atomic E-state index is -0.680. The maximum Gasteiger partial charge on any atom is 0.127 e. The standard InChI is InChI=1S/C8H10BrNOS2/c1-5-2-8(11,4-13-5)7-10-6(9)3-12-7/h3,5,11H,2,4H2,1H3. The van der Waals surface area contributed by atoms with Gasteiger partial charge in [0.1, 0.15) is 15.2 Å². The smallest absolute Gasteiger partial charge is 0.127 e. The highest BCUT2D eigenvalue weighted by atomic mass is 79.9. The number of rotatable bonds is 1. The second-order valence-corrected chi connectivity index (χ2v) is 6.43. The number of nitrogens with zero attached hydrogens (tertiary/aromatic N) is 1. The van der Waals surface area contributed by atoms with Crippen molar-refractivity contribution in [3.05, 3.63) is 15.0 Å². The van der Waals surface area contributed by atoms with Crippen molar-refractivity contribution >= 4 is 39.0 Å². The molecule has 1 aromatic rings. The fourth-order valence-electron chi connectivity index (χ4n) is 1.49. The van der Waals surface area contributed by atoms with E-state index in [1.54, 1.807) is 0 Å². The molecule has 0 aliphatic carbocycles. The molecule has 0 aromatic carbocycles. The van der Waals surface area contributed by atoms with Crippen LogP contribution in [0.3, 0.4) is 0 Å². The number of hydrogen-bond acceptors (Lipinski definition) is 4. The fourth-order valence-corrected chi connectivity index (χ4v) is 4.15. The Morgan fingerprint density at radius 1 is 1.77 bits per heavy atom. The fraction of sp³-hybridized carbons (Fsp3) is 0.625. The average Bonchev–Trinajstić information content (AvgIpc) is 2.60. The lowest BCUT2D eigenvalue weighted by Gasteiger charge is -2.17. The molecule has 1 saturated heterocycles. The highest BCUT2D eigenvalue weighted by Gasteiger charge is 2.39. The Hall–Kier alpha value is 0.420. The zero-order chi connectivity index (χ0) is 9.47. The summed E-state index contributed by atoms with van der Waals surface area (Å²) in [7, 11) is 0. The predicted octanol–water partition coefficient (Wildman–Crippen LogP) is 2.62. The van der Waals surface area contributed by atoms with Crippen molar-refractivity contribution < 1.29 is 5.11 Å². The van der Waals surface area contributed by atoms with Gasteiger partial charge >= 0.3 is 0 Å². The topological polar surface area (TPSA) is 33.1 Å². The van der Waals surface area contributed by atoms with E-state index < -0.39 is 5.60 Å². The minimum absolute atomic E-state index is 0.535. The Kier molecular flexibility index (Phi) is 2.70. The SMILES string of the molecule is CC1CC(O)(c2nc(Br)cs2)CS1. The lowest BCUT2D eigenvalue weighted by atomic mass is 10.0. The van der Waals surface area contributed by atoms with Gasteiger partial charge in [0.25, 0.3) is 0 Å². The van der Waals surface area contributed by atoms with Gasteiger partial charge in [-0.1, -0.05) is 6.92 Å². The van der Waals surface area contributed by atoms with Crippen LogP contribution in [0.5, 0.6) is 0 Å². The van der Waals surface area contributed by atoms with Gasteiger partial charge in [-0.3, -0.25) is 0 Å². The monoisotopic (exact) mass is 279 g/mol. The van der Waals surface area contributed by atoms with Crippen LogP contribution in [0.2, 0.25) is 0 Å². The number of aliphatic hydroxyl groups is 1. The van der Waals surface area contributed by atoms with Crippen LogP contribution in [-0.2, 0) is 5.60 Å². The summed E-state index contributed by atoms with van der Waals surface area (Å²) in [4.78, 5) is 4.27. The summed E-state index contributed by atoms with van der Waals surface area (Å²) in [5.74, 6) is 0.772. The van der Waals surface area contributed by atoms with Crippen LogP contribution in [-0.4, -0.2) is 21.1 Å². The molecule has 13 heavy (non-hydrogen) atoms. The maximum absolute atomic E-state index is 10.3. The number of aromatic nitrogens is 1. The van der Waals surface area contributed by atoms with Crippen LogP contribution in [0.4, 0.5) is 0 Å². The van der Waals surface area contributed by atoms with Crippen LogP contribution in [0.1, 0.15) is 18.4 Å². The molecule has 2 heterocycles. The van der Waals surface area contributed by atoms with Gasteiger partial charge < -0.3 is 5.11 Å². The molecule has 1 N–H and O–H groups in total. The van der Waals surface area contributed by atoms with Crippen molar-refractivity contribution in [1.82, 2.24) is 4.98 Å². The Morgan fingerprint density at radius 3 is 3.00 bits per heavy atom. The van der Waals surface area contributed by atoms with Crippen molar-refractivity contribution in [2.24, 2.45) is 0 Å². The van der Waals surface area contributed by atoms with Gasteiger partial charge in [-0.25, -0.2) is 4.98 Å². The van der Waals surface area contributed by atoms with Gasteiger partial charge in [0, 0.05) is 16.4 Å². The summed E-state index contributed by atoms with van der Waals surface area (Å²) < 4.78 is 0.825. The van der Waals surface area contributed by atoms with Gasteiger partial charge in [-0.15, -0.1) is 11.3 Å². The molecule has 1 fully saturated rings. The van der Waals surface area contributed by atoms with Gasteiger partial charge in [-0.05, 0) is 22.4 Å². The molecule has 0 radical (unpaired) electrons. The molecule has 1 aliphatic rings. The van der Waals surface area contributed by atoms with E-state index in [4.69, 9.17) is 0 Å². The van der Waals surface area contributed by atoms with E-state index in [1.165, 1.54) is 11.3 Å². The lowest BCUT2D eigenvalue weighted by Crippen LogP contribution is -2.25.